The smallest absolute Gasteiger partial charge is 0.243 e. The van der Waals surface area contributed by atoms with Gasteiger partial charge < -0.3 is 15.1 Å². The van der Waals surface area contributed by atoms with Gasteiger partial charge in [0.2, 0.25) is 10.0 Å². The van der Waals surface area contributed by atoms with E-state index in [1.807, 2.05) is 18.2 Å². The maximum atomic E-state index is 12.7. The number of sulfonamides is 1. The fourth-order valence-corrected chi connectivity index (χ4v) is 4.81. The first-order valence-corrected chi connectivity index (χ1v) is 11.1. The van der Waals surface area contributed by atoms with Crippen molar-refractivity contribution in [2.45, 2.75) is 24.2 Å². The summed E-state index contributed by atoms with van der Waals surface area (Å²) in [5, 5.41) is 6.62. The summed E-state index contributed by atoms with van der Waals surface area (Å²) in [5.74, 6) is 2.12. The zero-order valence-electron chi connectivity index (χ0n) is 16.6. The van der Waals surface area contributed by atoms with E-state index in [0.29, 0.717) is 23.9 Å². The van der Waals surface area contributed by atoms with Crippen molar-refractivity contribution in [2.24, 2.45) is 10.9 Å². The van der Waals surface area contributed by atoms with Crippen LogP contribution in [0, 0.1) is 5.92 Å². The molecule has 1 aromatic heterocycles. The van der Waals surface area contributed by atoms with Crippen LogP contribution in [0.2, 0.25) is 0 Å². The zero-order valence-corrected chi connectivity index (χ0v) is 19.7. The van der Waals surface area contributed by atoms with E-state index in [0.717, 1.165) is 44.1 Å². The Morgan fingerprint density at radius 1 is 1.14 bits per heavy atom. The van der Waals surface area contributed by atoms with Crippen LogP contribution in [0.15, 0.2) is 63.0 Å². The molecule has 0 bridgehead atoms. The molecule has 7 nitrogen and oxygen atoms in total. The average Bonchev–Trinajstić information content (AvgIpc) is 3.25. The fraction of sp³-hybridized carbons (Fsp3) is 0.450. The highest BCUT2D eigenvalue weighted by Gasteiger charge is 2.29. The average molecular weight is 532 g/mol. The third-order valence-corrected chi connectivity index (χ3v) is 6.89. The largest absolute Gasteiger partial charge is 0.469 e. The van der Waals surface area contributed by atoms with Gasteiger partial charge in [-0.1, -0.05) is 18.2 Å². The molecule has 1 aromatic carbocycles. The number of guanidine groups is 1. The van der Waals surface area contributed by atoms with Crippen LogP contribution in [0.4, 0.5) is 0 Å². The van der Waals surface area contributed by atoms with Crippen LogP contribution in [-0.4, -0.2) is 51.9 Å². The van der Waals surface area contributed by atoms with Gasteiger partial charge in [0, 0.05) is 39.6 Å². The van der Waals surface area contributed by atoms with Crippen molar-refractivity contribution in [3.63, 3.8) is 0 Å². The second kappa shape index (κ2) is 11.6. The highest BCUT2D eigenvalue weighted by atomic mass is 127. The highest BCUT2D eigenvalue weighted by Crippen LogP contribution is 2.23. The second-order valence-electron chi connectivity index (χ2n) is 6.87. The first kappa shape index (κ1) is 23.7. The minimum Gasteiger partial charge on any atom is -0.469 e. The standard InChI is InChI=1S/C20H28N4O3S.HI/c1-21-20(22-12-9-18-6-5-15-27-18)23-16-17-10-13-24(14-11-17)28(25,26)19-7-3-2-4-8-19;/h2-8,15,17H,9-14,16H2,1H3,(H2,21,22,23);1H. The Balaban J connectivity index is 0.00000300. The van der Waals surface area contributed by atoms with Crippen molar-refractivity contribution in [1.29, 1.82) is 0 Å². The molecule has 2 N–H and O–H groups in total. The quantitative estimate of drug-likeness (QED) is 0.326. The molecule has 0 atom stereocenters. The summed E-state index contributed by atoms with van der Waals surface area (Å²) >= 11 is 0. The summed E-state index contributed by atoms with van der Waals surface area (Å²) in [6, 6.07) is 12.5. The van der Waals surface area contributed by atoms with Crippen LogP contribution in [0.25, 0.3) is 0 Å². The number of aliphatic imine (C=N–C) groups is 1. The maximum absolute atomic E-state index is 12.7. The monoisotopic (exact) mass is 532 g/mol. The van der Waals surface area contributed by atoms with E-state index in [1.54, 1.807) is 41.9 Å². The Hall–Kier alpha value is -1.59. The molecule has 1 aliphatic heterocycles. The molecule has 1 saturated heterocycles. The third-order valence-electron chi connectivity index (χ3n) is 4.98. The normalized spacial score (nSPS) is 16.2. The lowest BCUT2D eigenvalue weighted by Gasteiger charge is -2.31. The number of nitrogens with one attached hydrogen (secondary N) is 2. The summed E-state index contributed by atoms with van der Waals surface area (Å²) < 4.78 is 32.3. The predicted molar refractivity (Wildman–Crippen MR) is 125 cm³/mol. The Morgan fingerprint density at radius 2 is 1.86 bits per heavy atom. The van der Waals surface area contributed by atoms with Crippen molar-refractivity contribution in [1.82, 2.24) is 14.9 Å². The number of hydrogen-bond acceptors (Lipinski definition) is 4. The number of nitrogens with zero attached hydrogens (tertiary/aromatic N) is 2. The lowest BCUT2D eigenvalue weighted by molar-refractivity contribution is 0.273. The molecule has 0 aliphatic carbocycles. The predicted octanol–water partition coefficient (Wildman–Crippen LogP) is 2.71. The topological polar surface area (TPSA) is 86.9 Å². The molecule has 0 unspecified atom stereocenters. The number of benzene rings is 1. The van der Waals surface area contributed by atoms with Crippen LogP contribution in [0.3, 0.4) is 0 Å². The maximum Gasteiger partial charge on any atom is 0.243 e. The lowest BCUT2D eigenvalue weighted by atomic mass is 9.98. The summed E-state index contributed by atoms with van der Waals surface area (Å²) in [7, 11) is -1.64. The molecule has 0 saturated carbocycles. The molecule has 0 amide bonds. The molecule has 0 spiro atoms. The van der Waals surface area contributed by atoms with Gasteiger partial charge in [0.15, 0.2) is 5.96 Å². The lowest BCUT2D eigenvalue weighted by Crippen LogP contribution is -2.44. The van der Waals surface area contributed by atoms with Gasteiger partial charge in [0.1, 0.15) is 5.76 Å². The summed E-state index contributed by atoms with van der Waals surface area (Å²) in [6.45, 7) is 2.61. The van der Waals surface area contributed by atoms with Gasteiger partial charge in [-0.05, 0) is 43.0 Å². The number of piperidine rings is 1. The Labute approximate surface area is 190 Å². The Bertz CT molecular complexity index is 849. The van der Waals surface area contributed by atoms with E-state index in [-0.39, 0.29) is 24.0 Å². The highest BCUT2D eigenvalue weighted by molar-refractivity contribution is 14.0. The molecular formula is C20H29IN4O3S. The Kier molecular flexibility index (Phi) is 9.44. The molecule has 29 heavy (non-hydrogen) atoms. The molecule has 9 heteroatoms. The second-order valence-corrected chi connectivity index (χ2v) is 8.81. The van der Waals surface area contributed by atoms with E-state index < -0.39 is 10.0 Å². The molecule has 2 heterocycles. The van der Waals surface area contributed by atoms with E-state index in [4.69, 9.17) is 4.42 Å². The van der Waals surface area contributed by atoms with Crippen molar-refractivity contribution >= 4 is 40.0 Å². The number of furan rings is 1. The van der Waals surface area contributed by atoms with Crippen molar-refractivity contribution < 1.29 is 12.8 Å². The van der Waals surface area contributed by atoms with Crippen LogP contribution >= 0.6 is 24.0 Å². The number of halogens is 1. The number of rotatable bonds is 7. The van der Waals surface area contributed by atoms with Crippen molar-refractivity contribution in [3.05, 3.63) is 54.5 Å². The zero-order chi connectivity index (χ0) is 19.8. The summed E-state index contributed by atoms with van der Waals surface area (Å²) in [6.07, 6.45) is 4.14. The van der Waals surface area contributed by atoms with Crippen LogP contribution in [0.1, 0.15) is 18.6 Å². The van der Waals surface area contributed by atoms with E-state index in [9.17, 15) is 8.42 Å². The SMILES string of the molecule is CN=C(NCCc1ccco1)NCC1CCN(S(=O)(=O)c2ccccc2)CC1.I. The van der Waals surface area contributed by atoms with E-state index in [2.05, 4.69) is 15.6 Å². The van der Waals surface area contributed by atoms with Crippen molar-refractivity contribution in [2.75, 3.05) is 33.2 Å². The molecule has 1 aliphatic rings. The van der Waals surface area contributed by atoms with Gasteiger partial charge in [-0.3, -0.25) is 4.99 Å². The van der Waals surface area contributed by atoms with Crippen LogP contribution in [-0.2, 0) is 16.4 Å². The van der Waals surface area contributed by atoms with Crippen LogP contribution in [0.5, 0.6) is 0 Å². The molecule has 1 fully saturated rings. The molecular weight excluding hydrogens is 503 g/mol. The first-order chi connectivity index (χ1) is 13.6. The molecule has 2 aromatic rings. The summed E-state index contributed by atoms with van der Waals surface area (Å²) in [4.78, 5) is 4.61. The van der Waals surface area contributed by atoms with Gasteiger partial charge in [-0.25, -0.2) is 8.42 Å². The fourth-order valence-electron chi connectivity index (χ4n) is 3.32. The van der Waals surface area contributed by atoms with Gasteiger partial charge >= 0.3 is 0 Å². The number of hydrogen-bond donors (Lipinski definition) is 2. The third kappa shape index (κ3) is 6.71. The van der Waals surface area contributed by atoms with Gasteiger partial charge in [0.25, 0.3) is 0 Å². The van der Waals surface area contributed by atoms with E-state index >= 15 is 0 Å². The minimum atomic E-state index is -3.39. The first-order valence-electron chi connectivity index (χ1n) is 9.61. The van der Waals surface area contributed by atoms with Crippen molar-refractivity contribution in [3.8, 4) is 0 Å². The summed E-state index contributed by atoms with van der Waals surface area (Å²) in [5.41, 5.74) is 0. The van der Waals surface area contributed by atoms with E-state index in [1.165, 1.54) is 0 Å². The molecule has 3 rings (SSSR count). The minimum absolute atomic E-state index is 0. The molecule has 160 valence electrons. The van der Waals surface area contributed by atoms with Gasteiger partial charge in [0.05, 0.1) is 11.2 Å². The van der Waals surface area contributed by atoms with Gasteiger partial charge in [-0.2, -0.15) is 4.31 Å². The van der Waals surface area contributed by atoms with Crippen LogP contribution < -0.4 is 10.6 Å². The van der Waals surface area contributed by atoms with Gasteiger partial charge in [-0.15, -0.1) is 24.0 Å². The molecule has 0 radical (unpaired) electrons. The Morgan fingerprint density at radius 3 is 2.48 bits per heavy atom.